The van der Waals surface area contributed by atoms with Gasteiger partial charge in [-0.2, -0.15) is 0 Å². The van der Waals surface area contributed by atoms with Gasteiger partial charge in [-0.05, 0) is 36.8 Å². The first kappa shape index (κ1) is 17.6. The number of ether oxygens (including phenoxy) is 2. The molecule has 0 saturated carbocycles. The van der Waals surface area contributed by atoms with E-state index in [1.165, 1.54) is 0 Å². The lowest BCUT2D eigenvalue weighted by Gasteiger charge is -2.44. The smallest absolute Gasteiger partial charge is 0.254 e. The number of hydrogen-bond acceptors (Lipinski definition) is 4. The quantitative estimate of drug-likeness (QED) is 0.815. The van der Waals surface area contributed by atoms with E-state index in [0.29, 0.717) is 49.4 Å². The molecule has 2 aliphatic rings. The van der Waals surface area contributed by atoms with Gasteiger partial charge in [0.2, 0.25) is 0 Å². The van der Waals surface area contributed by atoms with Crippen molar-refractivity contribution in [2.75, 3.05) is 20.2 Å². The zero-order chi connectivity index (χ0) is 19.0. The number of aryl methyl sites for hydroxylation is 1. The van der Waals surface area contributed by atoms with Crippen molar-refractivity contribution in [2.45, 2.75) is 31.8 Å². The molecule has 4 rings (SSSR count). The minimum Gasteiger partial charge on any atom is -0.497 e. The van der Waals surface area contributed by atoms with Crippen LogP contribution in [0.4, 0.5) is 0 Å². The number of hydrogen-bond donors (Lipinski definition) is 0. The van der Waals surface area contributed by atoms with Crippen molar-refractivity contribution in [1.82, 2.24) is 4.90 Å². The zero-order valence-electron chi connectivity index (χ0n) is 15.7. The summed E-state index contributed by atoms with van der Waals surface area (Å²) in [5.41, 5.74) is 1.79. The lowest BCUT2D eigenvalue weighted by atomic mass is 9.82. The first-order valence-electron chi connectivity index (χ1n) is 9.26. The molecule has 0 aliphatic carbocycles. The van der Waals surface area contributed by atoms with E-state index >= 15 is 0 Å². The number of carbonyl (C=O) groups is 2. The van der Waals surface area contributed by atoms with E-state index in [2.05, 4.69) is 0 Å². The van der Waals surface area contributed by atoms with Crippen LogP contribution in [-0.4, -0.2) is 42.4 Å². The fourth-order valence-electron chi connectivity index (χ4n) is 3.98. The molecular weight excluding hydrogens is 342 g/mol. The van der Waals surface area contributed by atoms with Crippen molar-refractivity contribution < 1.29 is 19.1 Å². The van der Waals surface area contributed by atoms with Gasteiger partial charge in [0.25, 0.3) is 5.91 Å². The molecule has 0 bridgehead atoms. The molecule has 0 radical (unpaired) electrons. The van der Waals surface area contributed by atoms with Gasteiger partial charge in [0.15, 0.2) is 5.78 Å². The summed E-state index contributed by atoms with van der Waals surface area (Å²) in [5.74, 6) is 1.40. The molecule has 1 amide bonds. The highest BCUT2D eigenvalue weighted by atomic mass is 16.5. The average Bonchev–Trinajstić information content (AvgIpc) is 2.68. The third-order valence-electron chi connectivity index (χ3n) is 5.63. The number of Topliss-reactive ketones (excluding diaryl/α,β-unsaturated/α-hetero) is 1. The van der Waals surface area contributed by atoms with E-state index in [1.807, 2.05) is 42.2 Å². The highest BCUT2D eigenvalue weighted by Crippen LogP contribution is 2.40. The van der Waals surface area contributed by atoms with Crippen LogP contribution in [0.25, 0.3) is 0 Å². The minimum atomic E-state index is -0.513. The van der Waals surface area contributed by atoms with Crippen LogP contribution in [-0.2, 0) is 0 Å². The Morgan fingerprint density at radius 3 is 2.59 bits per heavy atom. The molecule has 2 aromatic carbocycles. The molecular formula is C22H23NO4. The van der Waals surface area contributed by atoms with Crippen LogP contribution in [0.3, 0.4) is 0 Å². The zero-order valence-corrected chi connectivity index (χ0v) is 15.7. The second-order valence-corrected chi connectivity index (χ2v) is 7.35. The summed E-state index contributed by atoms with van der Waals surface area (Å²) in [6.07, 6.45) is 1.66. The number of carbonyl (C=O) groups excluding carboxylic acids is 2. The van der Waals surface area contributed by atoms with E-state index in [9.17, 15) is 9.59 Å². The molecule has 140 valence electrons. The number of nitrogens with zero attached hydrogens (tertiary/aromatic N) is 1. The van der Waals surface area contributed by atoms with Gasteiger partial charge in [-0.25, -0.2) is 0 Å². The van der Waals surface area contributed by atoms with E-state index in [4.69, 9.17) is 9.47 Å². The molecule has 2 heterocycles. The molecule has 0 atom stereocenters. The van der Waals surface area contributed by atoms with Crippen LogP contribution in [0.2, 0.25) is 0 Å². The summed E-state index contributed by atoms with van der Waals surface area (Å²) in [7, 11) is 1.58. The number of fused-ring (bicyclic) bond motifs is 1. The molecule has 1 fully saturated rings. The van der Waals surface area contributed by atoms with Crippen molar-refractivity contribution in [3.8, 4) is 11.5 Å². The summed E-state index contributed by atoms with van der Waals surface area (Å²) in [6, 6.07) is 13.0. The fraction of sp³-hybridized carbons (Fsp3) is 0.364. The van der Waals surface area contributed by atoms with Crippen molar-refractivity contribution in [3.05, 3.63) is 59.2 Å². The highest BCUT2D eigenvalue weighted by Gasteiger charge is 2.43. The van der Waals surface area contributed by atoms with Crippen LogP contribution in [0.15, 0.2) is 42.5 Å². The normalized spacial score (nSPS) is 18.0. The van der Waals surface area contributed by atoms with Crippen LogP contribution in [0.5, 0.6) is 11.5 Å². The Labute approximate surface area is 158 Å². The predicted molar refractivity (Wildman–Crippen MR) is 102 cm³/mol. The van der Waals surface area contributed by atoms with E-state index in [1.54, 1.807) is 19.2 Å². The van der Waals surface area contributed by atoms with Crippen LogP contribution in [0.1, 0.15) is 45.5 Å². The Morgan fingerprint density at radius 1 is 1.15 bits per heavy atom. The van der Waals surface area contributed by atoms with Gasteiger partial charge in [0, 0.05) is 31.5 Å². The third kappa shape index (κ3) is 3.18. The molecule has 0 N–H and O–H groups in total. The minimum absolute atomic E-state index is 0.0511. The molecule has 1 saturated heterocycles. The standard InChI is InChI=1S/C22H23NO4/c1-15-5-3-4-6-17(15)21(25)23-11-9-22(10-12-23)14-19(24)18-13-16(26-2)7-8-20(18)27-22/h3-8,13H,9-12,14H2,1-2H3. The topological polar surface area (TPSA) is 55.8 Å². The number of likely N-dealkylation sites (tertiary alicyclic amines) is 1. The maximum absolute atomic E-state index is 12.8. The van der Waals surface area contributed by atoms with E-state index in [-0.39, 0.29) is 11.7 Å². The number of methoxy groups -OCH3 is 1. The van der Waals surface area contributed by atoms with Crippen molar-refractivity contribution in [3.63, 3.8) is 0 Å². The number of ketones is 1. The van der Waals surface area contributed by atoms with Gasteiger partial charge in [-0.15, -0.1) is 0 Å². The SMILES string of the molecule is COc1ccc2c(c1)C(=O)CC1(CCN(C(=O)c3ccccc3C)CC1)O2. The third-order valence-corrected chi connectivity index (χ3v) is 5.63. The molecule has 0 aromatic heterocycles. The van der Waals surface area contributed by atoms with Gasteiger partial charge in [-0.1, -0.05) is 18.2 Å². The summed E-state index contributed by atoms with van der Waals surface area (Å²) in [4.78, 5) is 27.4. The Hall–Kier alpha value is -2.82. The van der Waals surface area contributed by atoms with Crippen LogP contribution < -0.4 is 9.47 Å². The van der Waals surface area contributed by atoms with Gasteiger partial charge in [0.05, 0.1) is 19.1 Å². The van der Waals surface area contributed by atoms with Crippen LogP contribution >= 0.6 is 0 Å². The van der Waals surface area contributed by atoms with Gasteiger partial charge in [0.1, 0.15) is 17.1 Å². The largest absolute Gasteiger partial charge is 0.497 e. The van der Waals surface area contributed by atoms with Gasteiger partial charge < -0.3 is 14.4 Å². The first-order chi connectivity index (χ1) is 13.0. The monoisotopic (exact) mass is 365 g/mol. The maximum Gasteiger partial charge on any atom is 0.254 e. The molecule has 5 heteroatoms. The lowest BCUT2D eigenvalue weighted by Crippen LogP contribution is -2.52. The van der Waals surface area contributed by atoms with Crippen LogP contribution in [0, 0.1) is 6.92 Å². The molecule has 0 unspecified atom stereocenters. The molecule has 5 nitrogen and oxygen atoms in total. The molecule has 1 spiro atoms. The Balaban J connectivity index is 1.49. The molecule has 27 heavy (non-hydrogen) atoms. The van der Waals surface area contributed by atoms with Gasteiger partial charge in [-0.3, -0.25) is 9.59 Å². The number of benzene rings is 2. The summed E-state index contributed by atoms with van der Waals surface area (Å²) < 4.78 is 11.5. The number of piperidine rings is 1. The fourth-order valence-corrected chi connectivity index (χ4v) is 3.98. The Bertz CT molecular complexity index is 897. The lowest BCUT2D eigenvalue weighted by molar-refractivity contribution is -0.00577. The average molecular weight is 365 g/mol. The highest BCUT2D eigenvalue weighted by molar-refractivity contribution is 6.01. The number of rotatable bonds is 2. The van der Waals surface area contributed by atoms with E-state index in [0.717, 1.165) is 11.1 Å². The summed E-state index contributed by atoms with van der Waals surface area (Å²) >= 11 is 0. The Kier molecular flexibility index (Phi) is 4.38. The summed E-state index contributed by atoms with van der Waals surface area (Å²) in [5, 5.41) is 0. The molecule has 2 aliphatic heterocycles. The second kappa shape index (κ2) is 6.72. The predicted octanol–water partition coefficient (Wildman–Crippen LogP) is 3.64. The van der Waals surface area contributed by atoms with E-state index < -0.39 is 5.60 Å². The Morgan fingerprint density at radius 2 is 1.89 bits per heavy atom. The number of amides is 1. The van der Waals surface area contributed by atoms with Crippen molar-refractivity contribution in [1.29, 1.82) is 0 Å². The molecule has 2 aromatic rings. The maximum atomic E-state index is 12.8. The van der Waals surface area contributed by atoms with Crippen molar-refractivity contribution in [2.24, 2.45) is 0 Å². The van der Waals surface area contributed by atoms with Crippen molar-refractivity contribution >= 4 is 11.7 Å². The first-order valence-corrected chi connectivity index (χ1v) is 9.26. The van der Waals surface area contributed by atoms with Gasteiger partial charge >= 0.3 is 0 Å². The second-order valence-electron chi connectivity index (χ2n) is 7.35. The summed E-state index contributed by atoms with van der Waals surface area (Å²) in [6.45, 7) is 3.13.